The van der Waals surface area contributed by atoms with Gasteiger partial charge in [-0.05, 0) is 40.2 Å². The van der Waals surface area contributed by atoms with Gasteiger partial charge in [0.05, 0.1) is 30.4 Å². The van der Waals surface area contributed by atoms with Crippen LogP contribution in [0.15, 0.2) is 6.20 Å². The molecule has 0 radical (unpaired) electrons. The first kappa shape index (κ1) is 17.0. The van der Waals surface area contributed by atoms with E-state index in [1.165, 1.54) is 7.11 Å². The predicted octanol–water partition coefficient (Wildman–Crippen LogP) is 2.01. The highest BCUT2D eigenvalue weighted by Gasteiger charge is 2.54. The van der Waals surface area contributed by atoms with Gasteiger partial charge in [0.15, 0.2) is 0 Å². The maximum absolute atomic E-state index is 11.8. The van der Waals surface area contributed by atoms with Crippen molar-refractivity contribution in [2.75, 3.05) is 7.11 Å². The Kier molecular flexibility index (Phi) is 4.41. The molecule has 1 aliphatic heterocycles. The summed E-state index contributed by atoms with van der Waals surface area (Å²) in [6, 6.07) is 0. The number of aryl methyl sites for hydroxylation is 2. The average Bonchev–Trinajstić information content (AvgIpc) is 2.82. The molecular weight excluding hydrogens is 283 g/mol. The van der Waals surface area contributed by atoms with E-state index in [4.69, 9.17) is 14.0 Å². The van der Waals surface area contributed by atoms with E-state index < -0.39 is 18.3 Å². The van der Waals surface area contributed by atoms with Crippen LogP contribution >= 0.6 is 0 Å². The van der Waals surface area contributed by atoms with E-state index in [0.717, 1.165) is 11.3 Å². The van der Waals surface area contributed by atoms with E-state index in [9.17, 15) is 4.79 Å². The van der Waals surface area contributed by atoms with Crippen LogP contribution in [0.1, 0.15) is 51.2 Å². The van der Waals surface area contributed by atoms with Gasteiger partial charge in [-0.1, -0.05) is 0 Å². The molecular formula is C15H25BN2O4. The number of hydrogen-bond acceptors (Lipinski definition) is 5. The summed E-state index contributed by atoms with van der Waals surface area (Å²) in [7, 11) is 2.74. The van der Waals surface area contributed by atoms with Crippen LogP contribution in [0.4, 0.5) is 0 Å². The van der Waals surface area contributed by atoms with Crippen molar-refractivity contribution in [3.05, 3.63) is 17.5 Å². The highest BCUT2D eigenvalue weighted by Crippen LogP contribution is 2.42. The Labute approximate surface area is 132 Å². The second-order valence-corrected chi connectivity index (χ2v) is 6.85. The largest absolute Gasteiger partial charge is 0.469 e. The molecule has 0 saturated carbocycles. The predicted molar refractivity (Wildman–Crippen MR) is 83.4 cm³/mol. The fourth-order valence-electron chi connectivity index (χ4n) is 2.65. The summed E-state index contributed by atoms with van der Waals surface area (Å²) in [5, 5.41) is 4.36. The van der Waals surface area contributed by atoms with Crippen LogP contribution in [0.25, 0.3) is 0 Å². The molecule has 7 heteroatoms. The molecule has 22 heavy (non-hydrogen) atoms. The Balaban J connectivity index is 2.34. The highest BCUT2D eigenvalue weighted by molar-refractivity contribution is 6.48. The zero-order chi connectivity index (χ0) is 16.7. The zero-order valence-corrected chi connectivity index (χ0v) is 14.5. The quantitative estimate of drug-likeness (QED) is 0.629. The van der Waals surface area contributed by atoms with E-state index in [0.29, 0.717) is 0 Å². The van der Waals surface area contributed by atoms with E-state index in [-0.39, 0.29) is 18.2 Å². The average molecular weight is 308 g/mol. The highest BCUT2D eigenvalue weighted by atomic mass is 16.7. The number of hydrogen-bond donors (Lipinski definition) is 0. The molecule has 1 atom stereocenters. The molecule has 1 aromatic rings. The van der Waals surface area contributed by atoms with Gasteiger partial charge in [0.25, 0.3) is 0 Å². The van der Waals surface area contributed by atoms with Crippen molar-refractivity contribution in [2.24, 2.45) is 7.05 Å². The molecule has 0 aromatic carbocycles. The molecule has 1 unspecified atom stereocenters. The van der Waals surface area contributed by atoms with Crippen LogP contribution in [0, 0.1) is 6.92 Å². The number of nitrogens with zero attached hydrogens (tertiary/aromatic N) is 2. The van der Waals surface area contributed by atoms with Gasteiger partial charge in [0.1, 0.15) is 0 Å². The molecule has 1 aliphatic rings. The maximum atomic E-state index is 11.8. The molecule has 1 fully saturated rings. The molecule has 6 nitrogen and oxygen atoms in total. The summed E-state index contributed by atoms with van der Waals surface area (Å²) >= 11 is 0. The van der Waals surface area contributed by atoms with E-state index in [2.05, 4.69) is 5.10 Å². The van der Waals surface area contributed by atoms with Gasteiger partial charge in [-0.15, -0.1) is 0 Å². The lowest BCUT2D eigenvalue weighted by molar-refractivity contribution is -0.140. The standard InChI is InChI=1S/C15H25BN2O4/c1-10-11(9-18(6)17-10)12(8-13(19)20-7)16-21-14(2,3)15(4,5)22-16/h9,12H,8H2,1-7H3. The van der Waals surface area contributed by atoms with Gasteiger partial charge < -0.3 is 14.0 Å². The number of rotatable bonds is 4. The van der Waals surface area contributed by atoms with Crippen LogP contribution in [0.3, 0.4) is 0 Å². The number of methoxy groups -OCH3 is 1. The monoisotopic (exact) mass is 308 g/mol. The van der Waals surface area contributed by atoms with Gasteiger partial charge in [0, 0.05) is 19.1 Å². The third-order valence-electron chi connectivity index (χ3n) is 4.67. The van der Waals surface area contributed by atoms with Gasteiger partial charge in [-0.2, -0.15) is 5.10 Å². The van der Waals surface area contributed by atoms with Crippen molar-refractivity contribution in [3.63, 3.8) is 0 Å². The van der Waals surface area contributed by atoms with Crippen LogP contribution in [-0.4, -0.2) is 41.2 Å². The number of carbonyl (C=O) groups excluding carboxylic acids is 1. The summed E-state index contributed by atoms with van der Waals surface area (Å²) in [5.41, 5.74) is 0.933. The number of carbonyl (C=O) groups is 1. The smallest absolute Gasteiger partial charge is 0.466 e. The van der Waals surface area contributed by atoms with E-state index in [1.54, 1.807) is 4.68 Å². The molecule has 0 bridgehead atoms. The minimum atomic E-state index is -0.507. The number of ether oxygens (including phenoxy) is 1. The minimum absolute atomic E-state index is 0.194. The fourth-order valence-corrected chi connectivity index (χ4v) is 2.65. The molecule has 2 heterocycles. The van der Waals surface area contributed by atoms with Crippen molar-refractivity contribution >= 4 is 13.1 Å². The summed E-state index contributed by atoms with van der Waals surface area (Å²) in [4.78, 5) is 11.8. The molecule has 0 aliphatic carbocycles. The fraction of sp³-hybridized carbons (Fsp3) is 0.733. The zero-order valence-electron chi connectivity index (χ0n) is 14.5. The normalized spacial score (nSPS) is 21.0. The molecule has 1 aromatic heterocycles. The van der Waals surface area contributed by atoms with Gasteiger partial charge in [-0.25, -0.2) is 0 Å². The first-order chi connectivity index (χ1) is 10.1. The third-order valence-corrected chi connectivity index (χ3v) is 4.67. The third kappa shape index (κ3) is 3.05. The van der Waals surface area contributed by atoms with Crippen LogP contribution in [0.5, 0.6) is 0 Å². The molecule has 0 spiro atoms. The minimum Gasteiger partial charge on any atom is -0.469 e. The van der Waals surface area contributed by atoms with Crippen LogP contribution in [-0.2, 0) is 25.9 Å². The molecule has 1 saturated heterocycles. The lowest BCUT2D eigenvalue weighted by Gasteiger charge is -2.32. The van der Waals surface area contributed by atoms with Crippen molar-refractivity contribution in [3.8, 4) is 0 Å². The molecule has 0 N–H and O–H groups in total. The SMILES string of the molecule is COC(=O)CC(B1OC(C)(C)C(C)(C)O1)c1cn(C)nc1C. The van der Waals surface area contributed by atoms with Crippen molar-refractivity contribution in [1.82, 2.24) is 9.78 Å². The second kappa shape index (κ2) is 5.70. The van der Waals surface area contributed by atoms with Crippen molar-refractivity contribution in [2.45, 2.75) is 58.1 Å². The Morgan fingerprint density at radius 3 is 2.32 bits per heavy atom. The van der Waals surface area contributed by atoms with E-state index in [1.807, 2.05) is 47.9 Å². The summed E-state index contributed by atoms with van der Waals surface area (Å²) in [6.45, 7) is 9.91. The van der Waals surface area contributed by atoms with Crippen molar-refractivity contribution < 1.29 is 18.8 Å². The topological polar surface area (TPSA) is 62.6 Å². The first-order valence-corrected chi connectivity index (χ1v) is 7.50. The molecule has 0 amide bonds. The first-order valence-electron chi connectivity index (χ1n) is 7.50. The summed E-state index contributed by atoms with van der Waals surface area (Å²) in [5.74, 6) is -0.537. The van der Waals surface area contributed by atoms with Gasteiger partial charge >= 0.3 is 13.1 Å². The molecule has 122 valence electrons. The van der Waals surface area contributed by atoms with Gasteiger partial charge in [-0.3, -0.25) is 9.48 Å². The Morgan fingerprint density at radius 1 is 1.36 bits per heavy atom. The van der Waals surface area contributed by atoms with Crippen molar-refractivity contribution in [1.29, 1.82) is 0 Å². The molecule has 2 rings (SSSR count). The Morgan fingerprint density at radius 2 is 1.91 bits per heavy atom. The lowest BCUT2D eigenvalue weighted by Crippen LogP contribution is -2.41. The maximum Gasteiger partial charge on any atom is 0.466 e. The van der Waals surface area contributed by atoms with Crippen LogP contribution < -0.4 is 0 Å². The Bertz CT molecular complexity index is 552. The Hall–Kier alpha value is -1.34. The second-order valence-electron chi connectivity index (χ2n) is 6.85. The summed E-state index contributed by atoms with van der Waals surface area (Å²) in [6.07, 6.45) is 2.10. The van der Waals surface area contributed by atoms with Gasteiger partial charge in [0.2, 0.25) is 0 Å². The summed E-state index contributed by atoms with van der Waals surface area (Å²) < 4.78 is 18.8. The van der Waals surface area contributed by atoms with Crippen LogP contribution in [0.2, 0.25) is 0 Å². The lowest BCUT2D eigenvalue weighted by atomic mass is 9.66. The van der Waals surface area contributed by atoms with E-state index >= 15 is 0 Å². The number of aromatic nitrogens is 2. The number of esters is 1.